The molecule has 27 heavy (non-hydrogen) atoms. The Morgan fingerprint density at radius 1 is 1.07 bits per heavy atom. The van der Waals surface area contributed by atoms with Crippen LogP contribution in [0.25, 0.3) is 0 Å². The van der Waals surface area contributed by atoms with Gasteiger partial charge in [-0.3, -0.25) is 4.79 Å². The average molecular weight is 408 g/mol. The number of fused-ring (bicyclic) bond motifs is 1. The first kappa shape index (κ1) is 18.4. The fourth-order valence-corrected chi connectivity index (χ4v) is 3.57. The highest BCUT2D eigenvalue weighted by Gasteiger charge is 2.30. The van der Waals surface area contributed by atoms with E-state index in [-0.39, 0.29) is 11.9 Å². The number of hydrogen-bond donors (Lipinski definition) is 3. The zero-order valence-corrected chi connectivity index (χ0v) is 15.9. The molecule has 3 N–H and O–H groups in total. The molecule has 2 heterocycles. The molecule has 6 nitrogen and oxygen atoms in total. The van der Waals surface area contributed by atoms with Crippen LogP contribution in [-0.2, 0) is 4.79 Å². The molecule has 0 bridgehead atoms. The third kappa shape index (κ3) is 4.14. The summed E-state index contributed by atoms with van der Waals surface area (Å²) in [6.07, 6.45) is 1.39. The van der Waals surface area contributed by atoms with Crippen molar-refractivity contribution < 1.29 is 14.3 Å². The second-order valence-electron chi connectivity index (χ2n) is 6.50. The van der Waals surface area contributed by atoms with Crippen LogP contribution in [0, 0.1) is 0 Å². The SMILES string of the molecule is O=C(Nc1cc2c(cc1Cl)OCCCO2)C1CC(c2cccc(Cl)c2)NN1. The molecule has 0 spiro atoms. The van der Waals surface area contributed by atoms with E-state index in [1.165, 1.54) is 0 Å². The third-order valence-electron chi connectivity index (χ3n) is 4.57. The van der Waals surface area contributed by atoms with Crippen molar-refractivity contribution in [3.05, 3.63) is 52.0 Å². The lowest BCUT2D eigenvalue weighted by Crippen LogP contribution is -2.39. The van der Waals surface area contributed by atoms with Crippen LogP contribution in [0.3, 0.4) is 0 Å². The number of carbonyl (C=O) groups is 1. The minimum Gasteiger partial charge on any atom is -0.490 e. The quantitative estimate of drug-likeness (QED) is 0.723. The predicted octanol–water partition coefficient (Wildman–Crippen LogP) is 3.70. The highest BCUT2D eigenvalue weighted by Crippen LogP contribution is 2.38. The first-order valence-electron chi connectivity index (χ1n) is 8.76. The van der Waals surface area contributed by atoms with E-state index in [9.17, 15) is 4.79 Å². The molecular formula is C19H19Cl2N3O3. The summed E-state index contributed by atoms with van der Waals surface area (Å²) in [6.45, 7) is 1.15. The normalized spacial score (nSPS) is 21.6. The van der Waals surface area contributed by atoms with Crippen LogP contribution in [0.15, 0.2) is 36.4 Å². The summed E-state index contributed by atoms with van der Waals surface area (Å²) in [7, 11) is 0. The predicted molar refractivity (Wildman–Crippen MR) is 105 cm³/mol. The van der Waals surface area contributed by atoms with Crippen molar-refractivity contribution in [2.75, 3.05) is 18.5 Å². The van der Waals surface area contributed by atoms with Gasteiger partial charge in [-0.15, -0.1) is 0 Å². The lowest BCUT2D eigenvalue weighted by Gasteiger charge is -2.14. The maximum atomic E-state index is 12.7. The highest BCUT2D eigenvalue weighted by atomic mass is 35.5. The lowest BCUT2D eigenvalue weighted by molar-refractivity contribution is -0.117. The van der Waals surface area contributed by atoms with Gasteiger partial charge in [-0.05, 0) is 24.1 Å². The zero-order chi connectivity index (χ0) is 18.8. The van der Waals surface area contributed by atoms with E-state index in [4.69, 9.17) is 32.7 Å². The molecule has 1 saturated heterocycles. The highest BCUT2D eigenvalue weighted by molar-refractivity contribution is 6.34. The molecule has 4 rings (SSSR count). The summed E-state index contributed by atoms with van der Waals surface area (Å²) in [5.41, 5.74) is 7.70. The van der Waals surface area contributed by atoms with Gasteiger partial charge in [0.2, 0.25) is 5.91 Å². The summed E-state index contributed by atoms with van der Waals surface area (Å²) in [6, 6.07) is 10.6. The van der Waals surface area contributed by atoms with Gasteiger partial charge in [0.25, 0.3) is 0 Å². The number of hydrazine groups is 1. The molecule has 2 aromatic carbocycles. The molecule has 2 aromatic rings. The maximum Gasteiger partial charge on any atom is 0.242 e. The monoisotopic (exact) mass is 407 g/mol. The van der Waals surface area contributed by atoms with Crippen molar-refractivity contribution in [2.24, 2.45) is 0 Å². The summed E-state index contributed by atoms with van der Waals surface area (Å²) in [5, 5.41) is 3.95. The third-order valence-corrected chi connectivity index (χ3v) is 5.11. The van der Waals surface area contributed by atoms with Crippen molar-refractivity contribution in [2.45, 2.75) is 24.9 Å². The molecule has 8 heteroatoms. The Bertz CT molecular complexity index is 862. The van der Waals surface area contributed by atoms with Crippen LogP contribution in [-0.4, -0.2) is 25.2 Å². The van der Waals surface area contributed by atoms with Gasteiger partial charge in [0.1, 0.15) is 6.04 Å². The van der Waals surface area contributed by atoms with E-state index < -0.39 is 6.04 Å². The Hall–Kier alpha value is -1.99. The topological polar surface area (TPSA) is 71.6 Å². The molecule has 0 aliphatic carbocycles. The van der Waals surface area contributed by atoms with E-state index >= 15 is 0 Å². The number of nitrogens with one attached hydrogen (secondary N) is 3. The first-order chi connectivity index (χ1) is 13.1. The average Bonchev–Trinajstić information content (AvgIpc) is 3.04. The largest absolute Gasteiger partial charge is 0.490 e. The molecule has 0 saturated carbocycles. The summed E-state index contributed by atoms with van der Waals surface area (Å²) in [4.78, 5) is 12.7. The number of rotatable bonds is 3. The van der Waals surface area contributed by atoms with Crippen LogP contribution in [0.1, 0.15) is 24.4 Å². The number of amides is 1. The molecule has 0 radical (unpaired) electrons. The van der Waals surface area contributed by atoms with Gasteiger partial charge in [-0.2, -0.15) is 0 Å². The zero-order valence-electron chi connectivity index (χ0n) is 14.4. The van der Waals surface area contributed by atoms with Gasteiger partial charge in [0, 0.05) is 29.6 Å². The molecular weight excluding hydrogens is 389 g/mol. The molecule has 142 valence electrons. The van der Waals surface area contributed by atoms with Crippen molar-refractivity contribution in [1.82, 2.24) is 10.9 Å². The second kappa shape index (κ2) is 7.94. The number of halogens is 2. The minimum atomic E-state index is -0.402. The van der Waals surface area contributed by atoms with Gasteiger partial charge in [0.05, 0.1) is 23.9 Å². The van der Waals surface area contributed by atoms with Gasteiger partial charge < -0.3 is 14.8 Å². The van der Waals surface area contributed by atoms with E-state index in [1.807, 2.05) is 24.3 Å². The van der Waals surface area contributed by atoms with Gasteiger partial charge in [-0.25, -0.2) is 10.9 Å². The van der Waals surface area contributed by atoms with E-state index in [0.717, 1.165) is 12.0 Å². The molecule has 2 unspecified atom stereocenters. The Balaban J connectivity index is 1.44. The van der Waals surface area contributed by atoms with Gasteiger partial charge in [0.15, 0.2) is 11.5 Å². The molecule has 1 fully saturated rings. The number of ether oxygens (including phenoxy) is 2. The van der Waals surface area contributed by atoms with Crippen molar-refractivity contribution in [3.63, 3.8) is 0 Å². The molecule has 2 aliphatic rings. The van der Waals surface area contributed by atoms with Crippen molar-refractivity contribution in [1.29, 1.82) is 0 Å². The second-order valence-corrected chi connectivity index (χ2v) is 7.35. The number of anilines is 1. The van der Waals surface area contributed by atoms with Crippen LogP contribution in [0.4, 0.5) is 5.69 Å². The van der Waals surface area contributed by atoms with Crippen LogP contribution in [0.2, 0.25) is 10.0 Å². The Labute approximate surface area is 167 Å². The number of hydrogen-bond acceptors (Lipinski definition) is 5. The number of benzene rings is 2. The molecule has 1 amide bonds. The standard InChI is InChI=1S/C19H19Cl2N3O3/c20-12-4-1-3-11(7-12)14-9-16(24-23-14)19(25)22-15-10-18-17(8-13(15)21)26-5-2-6-27-18/h1,3-4,7-8,10,14,16,23-24H,2,5-6,9H2,(H,22,25). The van der Waals surface area contributed by atoms with Crippen LogP contribution < -0.4 is 25.6 Å². The maximum absolute atomic E-state index is 12.7. The molecule has 2 atom stereocenters. The van der Waals surface area contributed by atoms with E-state index in [2.05, 4.69) is 16.2 Å². The minimum absolute atomic E-state index is 0.00120. The summed E-state index contributed by atoms with van der Waals surface area (Å²) >= 11 is 12.4. The van der Waals surface area contributed by atoms with Crippen LogP contribution >= 0.6 is 23.2 Å². The molecule has 0 aromatic heterocycles. The molecule has 2 aliphatic heterocycles. The van der Waals surface area contributed by atoms with E-state index in [1.54, 1.807) is 12.1 Å². The first-order valence-corrected chi connectivity index (χ1v) is 9.52. The fraction of sp³-hybridized carbons (Fsp3) is 0.316. The Morgan fingerprint density at radius 3 is 2.63 bits per heavy atom. The Kier molecular flexibility index (Phi) is 5.41. The van der Waals surface area contributed by atoms with Gasteiger partial charge >= 0.3 is 0 Å². The van der Waals surface area contributed by atoms with Crippen LogP contribution in [0.5, 0.6) is 11.5 Å². The van der Waals surface area contributed by atoms with Crippen molar-refractivity contribution in [3.8, 4) is 11.5 Å². The van der Waals surface area contributed by atoms with Gasteiger partial charge in [-0.1, -0.05) is 35.3 Å². The number of carbonyl (C=O) groups excluding carboxylic acids is 1. The smallest absolute Gasteiger partial charge is 0.242 e. The Morgan fingerprint density at radius 2 is 1.85 bits per heavy atom. The summed E-state index contributed by atoms with van der Waals surface area (Å²) < 4.78 is 11.3. The lowest BCUT2D eigenvalue weighted by atomic mass is 10.0. The van der Waals surface area contributed by atoms with E-state index in [0.29, 0.717) is 46.9 Å². The van der Waals surface area contributed by atoms with Crippen molar-refractivity contribution >= 4 is 34.8 Å². The summed E-state index contributed by atoms with van der Waals surface area (Å²) in [5.74, 6) is 1.00. The fourth-order valence-electron chi connectivity index (χ4n) is 3.17.